The molecule has 1 aromatic carbocycles. The van der Waals surface area contributed by atoms with Gasteiger partial charge in [0.25, 0.3) is 0 Å². The number of hydrogen-bond acceptors (Lipinski definition) is 5. The molecule has 0 aliphatic carbocycles. The predicted octanol–water partition coefficient (Wildman–Crippen LogP) is -0.768. The average molecular weight is 404 g/mol. The van der Waals surface area contributed by atoms with Gasteiger partial charge in [-0.15, -0.1) is 5.10 Å². The molecule has 0 saturated carbocycles. The summed E-state index contributed by atoms with van der Waals surface area (Å²) >= 11 is 1.54. The molecule has 4 N–H and O–H groups in total. The van der Waals surface area contributed by atoms with Crippen LogP contribution in [0.5, 0.6) is 5.88 Å². The molecular weight excluding hydrogens is 374 g/mol. The number of aromatic nitrogens is 3. The van der Waals surface area contributed by atoms with Gasteiger partial charge in [0.15, 0.2) is 11.9 Å². The molecule has 1 fully saturated rings. The highest BCUT2D eigenvalue weighted by Crippen LogP contribution is 2.35. The van der Waals surface area contributed by atoms with Gasteiger partial charge >= 0.3 is 0 Å². The van der Waals surface area contributed by atoms with Gasteiger partial charge in [-0.2, -0.15) is 4.52 Å². The molecule has 3 heterocycles. The third-order valence-corrected chi connectivity index (χ3v) is 6.79. The minimum absolute atomic E-state index is 0.0647. The Morgan fingerprint density at radius 2 is 1.89 bits per heavy atom. The summed E-state index contributed by atoms with van der Waals surface area (Å²) in [4.78, 5) is 9.14. The van der Waals surface area contributed by atoms with E-state index in [1.807, 2.05) is 6.92 Å². The van der Waals surface area contributed by atoms with E-state index in [0.717, 1.165) is 54.8 Å². The van der Waals surface area contributed by atoms with Gasteiger partial charge in [-0.25, -0.2) is 4.98 Å². The predicted molar refractivity (Wildman–Crippen MR) is 108 cm³/mol. The van der Waals surface area contributed by atoms with Crippen molar-refractivity contribution in [3.05, 3.63) is 46.1 Å². The van der Waals surface area contributed by atoms with Crippen molar-refractivity contribution < 1.29 is 20.0 Å². The van der Waals surface area contributed by atoms with Crippen LogP contribution in [0.4, 0.5) is 0 Å². The molecule has 28 heavy (non-hydrogen) atoms. The molecule has 8 heteroatoms. The van der Waals surface area contributed by atoms with Gasteiger partial charge < -0.3 is 20.0 Å². The van der Waals surface area contributed by atoms with E-state index in [4.69, 9.17) is 0 Å². The normalized spacial score (nSPS) is 21.2. The van der Waals surface area contributed by atoms with Gasteiger partial charge in [-0.3, -0.25) is 0 Å². The smallest absolute Gasteiger partial charge is 0.235 e. The van der Waals surface area contributed by atoms with Crippen molar-refractivity contribution in [2.24, 2.45) is 0 Å². The van der Waals surface area contributed by atoms with Crippen LogP contribution < -0.4 is 9.80 Å². The second-order valence-corrected chi connectivity index (χ2v) is 8.60. The van der Waals surface area contributed by atoms with E-state index in [1.54, 1.807) is 15.9 Å². The second-order valence-electron chi connectivity index (χ2n) is 7.59. The number of aryl methyl sites for hydroxylation is 2. The molecule has 1 aliphatic heterocycles. The Hall–Kier alpha value is -2.00. The lowest BCUT2D eigenvalue weighted by atomic mass is 10.0. The maximum atomic E-state index is 11.0. The minimum Gasteiger partial charge on any atom is -0.492 e. The number of aliphatic hydroxyl groups is 1. The van der Waals surface area contributed by atoms with Crippen LogP contribution in [-0.2, 0) is 6.42 Å². The molecule has 1 atom stereocenters. The highest BCUT2D eigenvalue weighted by molar-refractivity contribution is 7.17. The highest BCUT2D eigenvalue weighted by Gasteiger charge is 2.36. The average Bonchev–Trinajstić information content (AvgIpc) is 3.24. The summed E-state index contributed by atoms with van der Waals surface area (Å²) < 4.78 is 1.59. The minimum atomic E-state index is 0.0647. The lowest BCUT2D eigenvalue weighted by Gasteiger charge is -2.34. The molecule has 0 amide bonds. The number of quaternary nitrogens is 2. The zero-order valence-corrected chi connectivity index (χ0v) is 17.3. The van der Waals surface area contributed by atoms with E-state index in [-0.39, 0.29) is 18.5 Å². The first-order chi connectivity index (χ1) is 13.6. The lowest BCUT2D eigenvalue weighted by Crippen LogP contribution is -3.28. The summed E-state index contributed by atoms with van der Waals surface area (Å²) in [6.45, 7) is 9.22. The lowest BCUT2D eigenvalue weighted by molar-refractivity contribution is -1.02. The molecule has 0 spiro atoms. The van der Waals surface area contributed by atoms with Crippen molar-refractivity contribution in [3.8, 4) is 5.88 Å². The molecule has 2 aromatic heterocycles. The van der Waals surface area contributed by atoms with Gasteiger partial charge in [-0.1, -0.05) is 48.1 Å². The molecule has 3 aromatic rings. The van der Waals surface area contributed by atoms with Crippen molar-refractivity contribution >= 4 is 16.3 Å². The van der Waals surface area contributed by atoms with E-state index in [9.17, 15) is 10.2 Å². The maximum absolute atomic E-state index is 11.0. The van der Waals surface area contributed by atoms with Crippen LogP contribution in [0.1, 0.15) is 34.8 Å². The first kappa shape index (κ1) is 19.3. The Labute approximate surface area is 168 Å². The fourth-order valence-electron chi connectivity index (χ4n) is 4.08. The number of rotatable bonds is 6. The first-order valence-electron chi connectivity index (χ1n) is 10.0. The summed E-state index contributed by atoms with van der Waals surface area (Å²) in [6, 6.07) is 8.69. The molecule has 0 radical (unpaired) electrons. The third kappa shape index (κ3) is 3.65. The number of piperazine rings is 1. The van der Waals surface area contributed by atoms with Crippen LogP contribution in [0.25, 0.3) is 4.96 Å². The summed E-state index contributed by atoms with van der Waals surface area (Å²) in [6.07, 6.45) is 0.755. The quantitative estimate of drug-likeness (QED) is 0.436. The van der Waals surface area contributed by atoms with Crippen LogP contribution in [0.3, 0.4) is 0 Å². The standard InChI is InChI=1S/C20H27N5O2S/c1-3-16-21-20-25(22-16)19(27)18(28-20)17(15-6-4-14(2)5-7-15)24-10-8-23(9-11-24)12-13-26/h4-7,17,26-27H,3,8-13H2,1-2H3/p+2/t17-/m1/s1. The molecule has 150 valence electrons. The Balaban J connectivity index is 1.70. The first-order valence-corrected chi connectivity index (χ1v) is 10.8. The van der Waals surface area contributed by atoms with Gasteiger partial charge in [-0.05, 0) is 6.92 Å². The molecule has 4 rings (SSSR count). The number of nitrogens with one attached hydrogen (secondary N) is 2. The second kappa shape index (κ2) is 8.16. The van der Waals surface area contributed by atoms with Crippen molar-refractivity contribution in [2.45, 2.75) is 26.3 Å². The number of thiazole rings is 1. The van der Waals surface area contributed by atoms with Crippen molar-refractivity contribution in [1.29, 1.82) is 0 Å². The van der Waals surface area contributed by atoms with Crippen LogP contribution >= 0.6 is 11.3 Å². The maximum Gasteiger partial charge on any atom is 0.235 e. The van der Waals surface area contributed by atoms with Crippen molar-refractivity contribution in [2.75, 3.05) is 39.3 Å². The number of aromatic hydroxyl groups is 1. The number of nitrogens with zero attached hydrogens (tertiary/aromatic N) is 3. The molecule has 1 saturated heterocycles. The summed E-state index contributed by atoms with van der Waals surface area (Å²) in [5, 5.41) is 24.7. The Morgan fingerprint density at radius 3 is 2.50 bits per heavy atom. The van der Waals surface area contributed by atoms with Gasteiger partial charge in [0.2, 0.25) is 10.8 Å². The van der Waals surface area contributed by atoms with Gasteiger partial charge in [0.1, 0.15) is 37.6 Å². The zero-order chi connectivity index (χ0) is 19.7. The zero-order valence-electron chi connectivity index (χ0n) is 16.5. The molecule has 0 bridgehead atoms. The SMILES string of the molecule is CCc1nc2sc([C@@H](c3ccc(C)cc3)[NH+]3CC[NH+](CCO)CC3)c(O)n2n1. The topological polar surface area (TPSA) is 79.5 Å². The Morgan fingerprint density at radius 1 is 1.18 bits per heavy atom. The van der Waals surface area contributed by atoms with Crippen molar-refractivity contribution in [3.63, 3.8) is 0 Å². The summed E-state index contributed by atoms with van der Waals surface area (Å²) in [7, 11) is 0. The fourth-order valence-corrected chi connectivity index (χ4v) is 5.24. The fraction of sp³-hybridized carbons (Fsp3) is 0.500. The van der Waals surface area contributed by atoms with E-state index >= 15 is 0 Å². The molecular formula is C20H29N5O2S+2. The highest BCUT2D eigenvalue weighted by atomic mass is 32.1. The molecule has 7 nitrogen and oxygen atoms in total. The van der Waals surface area contributed by atoms with E-state index < -0.39 is 0 Å². The van der Waals surface area contributed by atoms with Crippen LogP contribution in [0.15, 0.2) is 24.3 Å². The van der Waals surface area contributed by atoms with E-state index in [2.05, 4.69) is 41.3 Å². The largest absolute Gasteiger partial charge is 0.492 e. The molecule has 1 aliphatic rings. The number of hydrogen-bond donors (Lipinski definition) is 4. The van der Waals surface area contributed by atoms with Crippen LogP contribution in [-0.4, -0.2) is 64.1 Å². The van der Waals surface area contributed by atoms with E-state index in [1.165, 1.54) is 20.9 Å². The number of aliphatic hydroxyl groups excluding tert-OH is 1. The monoisotopic (exact) mass is 403 g/mol. The van der Waals surface area contributed by atoms with Crippen molar-refractivity contribution in [1.82, 2.24) is 14.6 Å². The Kier molecular flexibility index (Phi) is 5.63. The molecule has 0 unspecified atom stereocenters. The third-order valence-electron chi connectivity index (χ3n) is 5.71. The number of fused-ring (bicyclic) bond motifs is 1. The van der Waals surface area contributed by atoms with Gasteiger partial charge in [0.05, 0.1) is 6.61 Å². The summed E-state index contributed by atoms with van der Waals surface area (Å²) in [5.41, 5.74) is 2.44. The Bertz CT molecular complexity index is 928. The van der Waals surface area contributed by atoms with Crippen LogP contribution in [0.2, 0.25) is 0 Å². The van der Waals surface area contributed by atoms with Gasteiger partial charge in [0, 0.05) is 12.0 Å². The number of benzene rings is 1. The summed E-state index contributed by atoms with van der Waals surface area (Å²) in [5.74, 6) is 0.976. The van der Waals surface area contributed by atoms with E-state index in [0.29, 0.717) is 0 Å². The van der Waals surface area contributed by atoms with Crippen LogP contribution in [0, 0.1) is 6.92 Å².